The summed E-state index contributed by atoms with van der Waals surface area (Å²) in [7, 11) is -4.70. The van der Waals surface area contributed by atoms with Gasteiger partial charge < -0.3 is 10.2 Å². The van der Waals surface area contributed by atoms with Crippen molar-refractivity contribution in [3.63, 3.8) is 0 Å². The number of sulfonamides is 1. The van der Waals surface area contributed by atoms with E-state index < -0.39 is 51.9 Å². The smallest absolute Gasteiger partial charge is 0.354 e. The first-order valence-corrected chi connectivity index (χ1v) is 17.7. The normalized spacial score (nSPS) is 12.4. The van der Waals surface area contributed by atoms with Crippen molar-refractivity contribution in [1.29, 1.82) is 0 Å². The van der Waals surface area contributed by atoms with E-state index in [-0.39, 0.29) is 51.0 Å². The summed E-state index contributed by atoms with van der Waals surface area (Å²) in [6.45, 7) is 2.70. The summed E-state index contributed by atoms with van der Waals surface area (Å²) < 4.78 is 70.4. The molecule has 0 aromatic heterocycles. The third kappa shape index (κ3) is 9.69. The van der Waals surface area contributed by atoms with Crippen LogP contribution in [0, 0.1) is 5.92 Å². The number of carbonyl (C=O) groups is 2. The van der Waals surface area contributed by atoms with Gasteiger partial charge in [0.25, 0.3) is 10.0 Å². The van der Waals surface area contributed by atoms with Gasteiger partial charge in [-0.1, -0.05) is 103 Å². The molecule has 0 unspecified atom stereocenters. The first kappa shape index (κ1) is 38.0. The molecule has 4 rings (SSSR count). The van der Waals surface area contributed by atoms with E-state index in [0.29, 0.717) is 22.0 Å². The van der Waals surface area contributed by atoms with Gasteiger partial charge in [0, 0.05) is 35.1 Å². The second kappa shape index (κ2) is 16.3. The number of benzene rings is 4. The molecule has 0 radical (unpaired) electrons. The van der Waals surface area contributed by atoms with Gasteiger partial charge in [-0.2, -0.15) is 13.2 Å². The van der Waals surface area contributed by atoms with E-state index in [1.165, 1.54) is 24.3 Å². The number of nitrogens with one attached hydrogen (secondary N) is 1. The van der Waals surface area contributed by atoms with E-state index in [0.717, 1.165) is 11.0 Å². The summed E-state index contributed by atoms with van der Waals surface area (Å²) in [5.41, 5.74) is -0.788. The monoisotopic (exact) mass is 753 g/mol. The molecule has 0 saturated heterocycles. The van der Waals surface area contributed by atoms with Gasteiger partial charge in [0.05, 0.1) is 21.2 Å². The predicted octanol–water partition coefficient (Wildman–Crippen LogP) is 8.27. The van der Waals surface area contributed by atoms with Crippen LogP contribution in [0.3, 0.4) is 0 Å². The van der Waals surface area contributed by atoms with Gasteiger partial charge >= 0.3 is 6.18 Å². The van der Waals surface area contributed by atoms with Crippen LogP contribution in [0.5, 0.6) is 0 Å². The van der Waals surface area contributed by atoms with Crippen molar-refractivity contribution < 1.29 is 31.2 Å². The quantitative estimate of drug-likeness (QED) is 0.149. The van der Waals surface area contributed by atoms with Gasteiger partial charge in [-0.15, -0.1) is 0 Å². The molecule has 7 nitrogen and oxygen atoms in total. The minimum Gasteiger partial charge on any atom is -0.354 e. The Kier molecular flexibility index (Phi) is 12.6. The molecule has 0 aliphatic rings. The molecule has 0 fully saturated rings. The number of anilines is 1. The van der Waals surface area contributed by atoms with Crippen LogP contribution < -0.4 is 9.62 Å². The zero-order valence-electron chi connectivity index (χ0n) is 26.4. The number of nitrogens with zero attached hydrogens (tertiary/aromatic N) is 2. The minimum atomic E-state index is -4.85. The van der Waals surface area contributed by atoms with Gasteiger partial charge in [0.2, 0.25) is 11.8 Å². The van der Waals surface area contributed by atoms with E-state index in [1.54, 1.807) is 54.6 Å². The molecule has 0 aliphatic carbocycles. The Morgan fingerprint density at radius 1 is 0.816 bits per heavy atom. The Balaban J connectivity index is 1.90. The molecule has 1 atom stereocenters. The second-order valence-corrected chi connectivity index (χ2v) is 14.6. The third-order valence-electron chi connectivity index (χ3n) is 7.50. The molecule has 14 heteroatoms. The maximum atomic E-state index is 14.6. The zero-order valence-corrected chi connectivity index (χ0v) is 29.5. The third-order valence-corrected chi connectivity index (χ3v) is 10.3. The van der Waals surface area contributed by atoms with Crippen LogP contribution in [0.25, 0.3) is 0 Å². The fourth-order valence-corrected chi connectivity index (χ4v) is 7.18. The molecular formula is C35H33Cl3F3N3O4S. The van der Waals surface area contributed by atoms with Crippen molar-refractivity contribution in [2.75, 3.05) is 17.4 Å². The van der Waals surface area contributed by atoms with E-state index in [1.807, 2.05) is 13.8 Å². The fraction of sp³-hybridized carbons (Fsp3) is 0.257. The molecule has 49 heavy (non-hydrogen) atoms. The molecule has 260 valence electrons. The van der Waals surface area contributed by atoms with Crippen molar-refractivity contribution in [3.05, 3.63) is 129 Å². The first-order chi connectivity index (χ1) is 23.1. The van der Waals surface area contributed by atoms with E-state index in [9.17, 15) is 31.2 Å². The lowest BCUT2D eigenvalue weighted by atomic mass is 10.0. The highest BCUT2D eigenvalue weighted by atomic mass is 35.5. The van der Waals surface area contributed by atoms with Gasteiger partial charge in [-0.3, -0.25) is 13.9 Å². The van der Waals surface area contributed by atoms with Crippen molar-refractivity contribution in [1.82, 2.24) is 10.2 Å². The van der Waals surface area contributed by atoms with Gasteiger partial charge in [-0.25, -0.2) is 8.42 Å². The predicted molar refractivity (Wildman–Crippen MR) is 186 cm³/mol. The largest absolute Gasteiger partial charge is 0.416 e. The fourth-order valence-electron chi connectivity index (χ4n) is 4.94. The molecule has 1 N–H and O–H groups in total. The average Bonchev–Trinajstić information content (AvgIpc) is 3.05. The van der Waals surface area contributed by atoms with Crippen molar-refractivity contribution in [3.8, 4) is 0 Å². The summed E-state index contributed by atoms with van der Waals surface area (Å²) in [5.74, 6) is -1.41. The minimum absolute atomic E-state index is 0.00826. The van der Waals surface area contributed by atoms with E-state index in [4.69, 9.17) is 34.8 Å². The standard InChI is InChI=1S/C35H33Cl3F3N3O4S/c1-23(2)20-42-34(46)32(18-24-10-5-3-6-11-24)43(21-27-28(36)14-9-15-29(27)37)33(45)22-44(49(47,48)26-12-7-4-8-13-26)31-19-25(35(39,40)41)16-17-30(31)38/h3-17,19,23,32H,18,20-22H2,1-2H3,(H,42,46)/t32-/m0/s1. The molecular weight excluding hydrogens is 722 g/mol. The van der Waals surface area contributed by atoms with Crippen LogP contribution in [0.4, 0.5) is 18.9 Å². The number of halogens is 6. The Morgan fingerprint density at radius 2 is 1.41 bits per heavy atom. The number of alkyl halides is 3. The topological polar surface area (TPSA) is 86.8 Å². The van der Waals surface area contributed by atoms with Crippen LogP contribution in [0.15, 0.2) is 102 Å². The number of rotatable bonds is 13. The highest BCUT2D eigenvalue weighted by molar-refractivity contribution is 7.92. The lowest BCUT2D eigenvalue weighted by molar-refractivity contribution is -0.140. The van der Waals surface area contributed by atoms with Gasteiger partial charge in [0.15, 0.2) is 0 Å². The molecule has 0 heterocycles. The SMILES string of the molecule is CC(C)CNC(=O)[C@H](Cc1ccccc1)N(Cc1c(Cl)cccc1Cl)C(=O)CN(c1cc(C(F)(F)F)ccc1Cl)S(=O)(=O)c1ccccc1. The average molecular weight is 755 g/mol. The molecule has 2 amide bonds. The van der Waals surface area contributed by atoms with Gasteiger partial charge in [-0.05, 0) is 53.9 Å². The number of hydrogen-bond acceptors (Lipinski definition) is 4. The van der Waals surface area contributed by atoms with Crippen molar-refractivity contribution >= 4 is 62.3 Å². The highest BCUT2D eigenvalue weighted by Crippen LogP contribution is 2.38. The summed E-state index contributed by atoms with van der Waals surface area (Å²) in [6.07, 6.45) is -4.85. The number of hydrogen-bond donors (Lipinski definition) is 1. The Hall–Kier alpha value is -3.77. The second-order valence-electron chi connectivity index (χ2n) is 11.6. The molecule has 0 spiro atoms. The zero-order chi connectivity index (χ0) is 35.9. The number of amides is 2. The number of carbonyl (C=O) groups excluding carboxylic acids is 2. The summed E-state index contributed by atoms with van der Waals surface area (Å²) in [6, 6.07) is 21.4. The van der Waals surface area contributed by atoms with Crippen LogP contribution >= 0.6 is 34.8 Å². The highest BCUT2D eigenvalue weighted by Gasteiger charge is 2.37. The van der Waals surface area contributed by atoms with Crippen LogP contribution in [0.1, 0.15) is 30.5 Å². The van der Waals surface area contributed by atoms with Crippen LogP contribution in [0.2, 0.25) is 15.1 Å². The summed E-state index contributed by atoms with van der Waals surface area (Å²) >= 11 is 19.4. The van der Waals surface area contributed by atoms with E-state index in [2.05, 4.69) is 5.32 Å². The Labute approximate surface area is 298 Å². The lowest BCUT2D eigenvalue weighted by Crippen LogP contribution is -2.53. The summed E-state index contributed by atoms with van der Waals surface area (Å²) in [5, 5.41) is 2.86. The van der Waals surface area contributed by atoms with Crippen LogP contribution in [-0.4, -0.2) is 44.3 Å². The first-order valence-electron chi connectivity index (χ1n) is 15.1. The van der Waals surface area contributed by atoms with Crippen molar-refractivity contribution in [2.45, 2.75) is 43.9 Å². The van der Waals surface area contributed by atoms with E-state index >= 15 is 0 Å². The Bertz CT molecular complexity index is 1860. The van der Waals surface area contributed by atoms with Crippen molar-refractivity contribution in [2.24, 2.45) is 5.92 Å². The molecule has 0 aliphatic heterocycles. The van der Waals surface area contributed by atoms with Gasteiger partial charge in [0.1, 0.15) is 12.6 Å². The Morgan fingerprint density at radius 3 is 1.98 bits per heavy atom. The lowest BCUT2D eigenvalue weighted by Gasteiger charge is -2.34. The molecule has 0 bridgehead atoms. The molecule has 0 saturated carbocycles. The molecule has 4 aromatic carbocycles. The summed E-state index contributed by atoms with van der Waals surface area (Å²) in [4.78, 5) is 29.3. The molecule has 4 aromatic rings. The van der Waals surface area contributed by atoms with Crippen LogP contribution in [-0.2, 0) is 38.8 Å². The maximum Gasteiger partial charge on any atom is 0.416 e. The maximum absolute atomic E-state index is 14.6.